The summed E-state index contributed by atoms with van der Waals surface area (Å²) in [5.74, 6) is 1.14. The summed E-state index contributed by atoms with van der Waals surface area (Å²) in [5.41, 5.74) is 2.13. The molecule has 0 aliphatic carbocycles. The zero-order valence-corrected chi connectivity index (χ0v) is 11.7. The van der Waals surface area contributed by atoms with E-state index in [4.69, 9.17) is 4.74 Å². The Morgan fingerprint density at radius 3 is 2.84 bits per heavy atom. The van der Waals surface area contributed by atoms with Crippen molar-refractivity contribution < 1.29 is 4.74 Å². The molecule has 0 spiro atoms. The van der Waals surface area contributed by atoms with Crippen LogP contribution in [0.1, 0.15) is 25.1 Å². The van der Waals surface area contributed by atoms with E-state index in [1.807, 2.05) is 34.0 Å². The van der Waals surface area contributed by atoms with Gasteiger partial charge in [-0.25, -0.2) is 4.98 Å². The first-order valence-electron chi connectivity index (χ1n) is 6.27. The van der Waals surface area contributed by atoms with E-state index in [0.29, 0.717) is 18.4 Å². The predicted octanol–water partition coefficient (Wildman–Crippen LogP) is 1.92. The van der Waals surface area contributed by atoms with Crippen molar-refractivity contribution in [3.63, 3.8) is 0 Å². The fourth-order valence-electron chi connectivity index (χ4n) is 1.73. The number of ether oxygens (including phenoxy) is 1. The molecule has 0 saturated heterocycles. The second-order valence-electron chi connectivity index (χ2n) is 4.65. The number of aryl methyl sites for hydroxylation is 2. The third-order valence-corrected chi connectivity index (χ3v) is 2.54. The van der Waals surface area contributed by atoms with Crippen LogP contribution < -0.4 is 10.1 Å². The molecule has 0 aliphatic heterocycles. The van der Waals surface area contributed by atoms with Crippen LogP contribution in [-0.4, -0.2) is 25.9 Å². The third kappa shape index (κ3) is 3.67. The van der Waals surface area contributed by atoms with Crippen LogP contribution in [0.25, 0.3) is 0 Å². The molecule has 0 atom stereocenters. The van der Waals surface area contributed by atoms with Crippen LogP contribution in [0.15, 0.2) is 18.5 Å². The topological polar surface area (TPSA) is 64.9 Å². The van der Waals surface area contributed by atoms with Crippen LogP contribution >= 0.6 is 0 Å². The van der Waals surface area contributed by atoms with Crippen molar-refractivity contribution in [1.82, 2.24) is 19.7 Å². The van der Waals surface area contributed by atoms with Crippen molar-refractivity contribution in [2.75, 3.05) is 5.32 Å². The molecule has 2 rings (SSSR count). The highest BCUT2D eigenvalue weighted by Gasteiger charge is 2.05. The molecule has 19 heavy (non-hydrogen) atoms. The average Bonchev–Trinajstić information content (AvgIpc) is 2.65. The van der Waals surface area contributed by atoms with Gasteiger partial charge in [-0.3, -0.25) is 4.68 Å². The van der Waals surface area contributed by atoms with Crippen LogP contribution in [-0.2, 0) is 13.6 Å². The lowest BCUT2D eigenvalue weighted by Crippen LogP contribution is -2.09. The van der Waals surface area contributed by atoms with Gasteiger partial charge >= 0.3 is 0 Å². The van der Waals surface area contributed by atoms with E-state index >= 15 is 0 Å². The van der Waals surface area contributed by atoms with Crippen molar-refractivity contribution in [3.8, 4) is 5.88 Å². The fraction of sp³-hybridized carbons (Fsp3) is 0.462. The molecule has 6 heteroatoms. The van der Waals surface area contributed by atoms with Gasteiger partial charge < -0.3 is 10.1 Å². The van der Waals surface area contributed by atoms with Gasteiger partial charge in [-0.05, 0) is 20.8 Å². The maximum Gasteiger partial charge on any atom is 0.226 e. The maximum absolute atomic E-state index is 5.53. The van der Waals surface area contributed by atoms with Crippen molar-refractivity contribution in [3.05, 3.63) is 29.7 Å². The van der Waals surface area contributed by atoms with Gasteiger partial charge in [0, 0.05) is 37.6 Å². The lowest BCUT2D eigenvalue weighted by molar-refractivity contribution is 0.232. The van der Waals surface area contributed by atoms with Crippen LogP contribution in [0.3, 0.4) is 0 Å². The minimum Gasteiger partial charge on any atom is -0.475 e. The van der Waals surface area contributed by atoms with Gasteiger partial charge in [0.05, 0.1) is 11.8 Å². The standard InChI is InChI=1S/C13H19N5O/c1-9(2)19-12-5-6-14-13(16-12)15-7-11-8-18(4)17-10(11)3/h5-6,8-9H,7H2,1-4H3,(H,14,15,16). The average molecular weight is 261 g/mol. The van der Waals surface area contributed by atoms with E-state index in [2.05, 4.69) is 20.4 Å². The highest BCUT2D eigenvalue weighted by atomic mass is 16.5. The molecule has 0 unspecified atom stereocenters. The van der Waals surface area contributed by atoms with Gasteiger partial charge in [-0.1, -0.05) is 0 Å². The maximum atomic E-state index is 5.53. The number of hydrogen-bond acceptors (Lipinski definition) is 5. The highest BCUT2D eigenvalue weighted by molar-refractivity contribution is 5.30. The molecule has 102 valence electrons. The largest absolute Gasteiger partial charge is 0.475 e. The Labute approximate surface area is 112 Å². The summed E-state index contributed by atoms with van der Waals surface area (Å²) in [6, 6.07) is 1.75. The number of hydrogen-bond donors (Lipinski definition) is 1. The summed E-state index contributed by atoms with van der Waals surface area (Å²) in [6.45, 7) is 6.56. The number of rotatable bonds is 5. The van der Waals surface area contributed by atoms with Gasteiger partial charge in [-0.2, -0.15) is 10.1 Å². The molecule has 1 N–H and O–H groups in total. The SMILES string of the molecule is Cc1nn(C)cc1CNc1nccc(OC(C)C)n1. The Kier molecular flexibility index (Phi) is 3.99. The quantitative estimate of drug-likeness (QED) is 0.890. The van der Waals surface area contributed by atoms with E-state index in [-0.39, 0.29) is 6.10 Å². The van der Waals surface area contributed by atoms with E-state index in [1.165, 1.54) is 0 Å². The normalized spacial score (nSPS) is 10.8. The summed E-state index contributed by atoms with van der Waals surface area (Å²) in [7, 11) is 1.91. The van der Waals surface area contributed by atoms with Gasteiger partial charge in [0.2, 0.25) is 11.8 Å². The van der Waals surface area contributed by atoms with Gasteiger partial charge in [0.25, 0.3) is 0 Å². The zero-order valence-electron chi connectivity index (χ0n) is 11.7. The number of nitrogens with one attached hydrogen (secondary N) is 1. The monoisotopic (exact) mass is 261 g/mol. The zero-order chi connectivity index (χ0) is 13.8. The summed E-state index contributed by atoms with van der Waals surface area (Å²) < 4.78 is 7.32. The second kappa shape index (κ2) is 5.69. The molecule has 0 aromatic carbocycles. The lowest BCUT2D eigenvalue weighted by atomic mass is 10.3. The summed E-state index contributed by atoms with van der Waals surface area (Å²) in [4.78, 5) is 8.46. The molecular formula is C13H19N5O. The highest BCUT2D eigenvalue weighted by Crippen LogP contribution is 2.12. The first-order chi connectivity index (χ1) is 9.04. The minimum absolute atomic E-state index is 0.100. The Morgan fingerprint density at radius 1 is 1.42 bits per heavy atom. The Balaban J connectivity index is 2.01. The van der Waals surface area contributed by atoms with E-state index < -0.39 is 0 Å². The first-order valence-corrected chi connectivity index (χ1v) is 6.27. The molecule has 0 aliphatic rings. The summed E-state index contributed by atoms with van der Waals surface area (Å²) in [5, 5.41) is 7.46. The van der Waals surface area contributed by atoms with E-state index in [0.717, 1.165) is 11.3 Å². The smallest absolute Gasteiger partial charge is 0.226 e. The Morgan fingerprint density at radius 2 is 2.21 bits per heavy atom. The van der Waals surface area contributed by atoms with Crippen molar-refractivity contribution in [2.24, 2.45) is 7.05 Å². The van der Waals surface area contributed by atoms with Crippen LogP contribution in [0.4, 0.5) is 5.95 Å². The molecule has 0 radical (unpaired) electrons. The van der Waals surface area contributed by atoms with E-state index in [1.54, 1.807) is 16.9 Å². The molecule has 2 aromatic heterocycles. The molecule has 0 fully saturated rings. The fourth-order valence-corrected chi connectivity index (χ4v) is 1.73. The molecule has 0 amide bonds. The second-order valence-corrected chi connectivity index (χ2v) is 4.65. The first kappa shape index (κ1) is 13.3. The van der Waals surface area contributed by atoms with E-state index in [9.17, 15) is 0 Å². The molecule has 0 saturated carbocycles. The van der Waals surface area contributed by atoms with Crippen LogP contribution in [0.5, 0.6) is 5.88 Å². The van der Waals surface area contributed by atoms with Gasteiger partial charge in [0.1, 0.15) is 0 Å². The summed E-state index contributed by atoms with van der Waals surface area (Å²) in [6.07, 6.45) is 3.77. The number of anilines is 1. The van der Waals surface area contributed by atoms with Gasteiger partial charge in [-0.15, -0.1) is 0 Å². The predicted molar refractivity (Wildman–Crippen MR) is 73.1 cm³/mol. The molecule has 2 heterocycles. The third-order valence-electron chi connectivity index (χ3n) is 2.54. The van der Waals surface area contributed by atoms with Gasteiger partial charge in [0.15, 0.2) is 0 Å². The summed E-state index contributed by atoms with van der Waals surface area (Å²) >= 11 is 0. The lowest BCUT2D eigenvalue weighted by Gasteiger charge is -2.09. The Hall–Kier alpha value is -2.11. The van der Waals surface area contributed by atoms with Crippen LogP contribution in [0.2, 0.25) is 0 Å². The van der Waals surface area contributed by atoms with Crippen molar-refractivity contribution >= 4 is 5.95 Å². The number of aromatic nitrogens is 4. The molecule has 0 bridgehead atoms. The van der Waals surface area contributed by atoms with Crippen molar-refractivity contribution in [2.45, 2.75) is 33.4 Å². The molecular weight excluding hydrogens is 242 g/mol. The van der Waals surface area contributed by atoms with Crippen LogP contribution in [0, 0.1) is 6.92 Å². The minimum atomic E-state index is 0.100. The molecule has 2 aromatic rings. The van der Waals surface area contributed by atoms with Crippen molar-refractivity contribution in [1.29, 1.82) is 0 Å². The number of nitrogens with zero attached hydrogens (tertiary/aromatic N) is 4. The molecule has 6 nitrogen and oxygen atoms in total. The Bertz CT molecular complexity index is 550.